The molecule has 164 valence electrons. The minimum Gasteiger partial charge on any atom is -0.355 e. The number of anilines is 1. The van der Waals surface area contributed by atoms with Crippen LogP contribution in [0.1, 0.15) is 30.2 Å². The fourth-order valence-corrected chi connectivity index (χ4v) is 3.96. The number of halogens is 3. The second kappa shape index (κ2) is 9.33. The van der Waals surface area contributed by atoms with Crippen LogP contribution in [0.4, 0.5) is 18.9 Å². The van der Waals surface area contributed by atoms with Crippen LogP contribution in [0.15, 0.2) is 41.2 Å². The number of nitrogens with zero attached hydrogens (tertiary/aromatic N) is 1. The lowest BCUT2D eigenvalue weighted by atomic mass is 10.1. The highest BCUT2D eigenvalue weighted by Gasteiger charge is 2.34. The largest absolute Gasteiger partial charge is 0.416 e. The van der Waals surface area contributed by atoms with Gasteiger partial charge in [-0.15, -0.1) is 0 Å². The Balaban J connectivity index is 2.29. The molecule has 0 saturated heterocycles. The minimum atomic E-state index is -4.71. The molecule has 0 atom stereocenters. The summed E-state index contributed by atoms with van der Waals surface area (Å²) >= 11 is 0. The molecular formula is C19H22F3N3O4S. The maximum Gasteiger partial charge on any atom is 0.416 e. The van der Waals surface area contributed by atoms with E-state index in [1.807, 2.05) is 11.6 Å². The molecule has 0 saturated carbocycles. The molecule has 2 N–H and O–H groups in total. The number of aromatic nitrogens is 1. The summed E-state index contributed by atoms with van der Waals surface area (Å²) in [5.74, 6) is -1.38. The van der Waals surface area contributed by atoms with Crippen LogP contribution in [0.5, 0.6) is 0 Å². The summed E-state index contributed by atoms with van der Waals surface area (Å²) in [4.78, 5) is 24.6. The molecule has 30 heavy (non-hydrogen) atoms. The Kier molecular flexibility index (Phi) is 7.30. The number of pyridine rings is 1. The smallest absolute Gasteiger partial charge is 0.355 e. The maximum absolute atomic E-state index is 13.1. The second-order valence-electron chi connectivity index (χ2n) is 6.65. The van der Waals surface area contributed by atoms with Gasteiger partial charge in [-0.1, -0.05) is 25.1 Å². The van der Waals surface area contributed by atoms with Gasteiger partial charge in [0.1, 0.15) is 12.2 Å². The lowest BCUT2D eigenvalue weighted by Crippen LogP contribution is -2.35. The van der Waals surface area contributed by atoms with Gasteiger partial charge in [0.2, 0.25) is 15.9 Å². The van der Waals surface area contributed by atoms with E-state index in [9.17, 15) is 31.2 Å². The summed E-state index contributed by atoms with van der Waals surface area (Å²) in [5.41, 5.74) is -2.20. The minimum absolute atomic E-state index is 0.308. The highest BCUT2D eigenvalue weighted by atomic mass is 32.2. The first-order chi connectivity index (χ1) is 13.9. The van der Waals surface area contributed by atoms with E-state index in [4.69, 9.17) is 0 Å². The number of hydrogen-bond donors (Lipinski definition) is 2. The van der Waals surface area contributed by atoms with Gasteiger partial charge < -0.3 is 9.88 Å². The number of nitrogens with one attached hydrogen (secondary N) is 2. The number of alkyl halides is 3. The van der Waals surface area contributed by atoms with Crippen molar-refractivity contribution in [2.24, 2.45) is 0 Å². The molecule has 0 unspecified atom stereocenters. The molecule has 11 heteroatoms. The topological polar surface area (TPSA) is 97.3 Å². The molecule has 2 aromatic rings. The predicted molar refractivity (Wildman–Crippen MR) is 106 cm³/mol. The Bertz CT molecular complexity index is 1080. The average Bonchev–Trinajstić information content (AvgIpc) is 2.65. The number of benzene rings is 1. The fourth-order valence-electron chi connectivity index (χ4n) is 2.74. The number of rotatable bonds is 8. The van der Waals surface area contributed by atoms with E-state index < -0.39 is 44.5 Å². The zero-order valence-electron chi connectivity index (χ0n) is 16.4. The Hall–Kier alpha value is -2.82. The maximum atomic E-state index is 13.1. The van der Waals surface area contributed by atoms with Crippen molar-refractivity contribution < 1.29 is 26.4 Å². The van der Waals surface area contributed by atoms with Crippen molar-refractivity contribution in [3.8, 4) is 0 Å². The standard InChI is InChI=1S/C19H22F3N3O4S/c1-3-10-23-17(26)11-25-13(2)8-9-16(18(25)27)24-30(28,29)12-14-6-4-5-7-15(14)19(20,21)22/h4-9,24H,3,10-12H2,1-2H3,(H,23,26). The molecule has 7 nitrogen and oxygen atoms in total. The molecular weight excluding hydrogens is 423 g/mol. The van der Waals surface area contributed by atoms with Gasteiger partial charge in [-0.25, -0.2) is 8.42 Å². The molecule has 1 aromatic heterocycles. The molecule has 2 rings (SSSR count). The first-order valence-electron chi connectivity index (χ1n) is 9.07. The number of hydrogen-bond acceptors (Lipinski definition) is 4. The normalized spacial score (nSPS) is 11.9. The molecule has 1 amide bonds. The molecule has 0 aliphatic rings. The van der Waals surface area contributed by atoms with Crippen LogP contribution in [0, 0.1) is 6.92 Å². The van der Waals surface area contributed by atoms with Crippen LogP contribution >= 0.6 is 0 Å². The second-order valence-corrected chi connectivity index (χ2v) is 8.37. The van der Waals surface area contributed by atoms with Crippen molar-refractivity contribution in [3.63, 3.8) is 0 Å². The lowest BCUT2D eigenvalue weighted by Gasteiger charge is -2.15. The molecule has 1 heterocycles. The first kappa shape index (κ1) is 23.5. The van der Waals surface area contributed by atoms with Gasteiger partial charge in [0.05, 0.1) is 11.3 Å². The van der Waals surface area contributed by atoms with Gasteiger partial charge in [0.25, 0.3) is 5.56 Å². The Morgan fingerprint density at radius 1 is 1.13 bits per heavy atom. The summed E-state index contributed by atoms with van der Waals surface area (Å²) in [6.07, 6.45) is -4.01. The zero-order chi connectivity index (χ0) is 22.5. The number of amides is 1. The van der Waals surface area contributed by atoms with Crippen LogP contribution < -0.4 is 15.6 Å². The Morgan fingerprint density at radius 3 is 2.43 bits per heavy atom. The third-order valence-corrected chi connectivity index (χ3v) is 5.42. The van der Waals surface area contributed by atoms with E-state index in [-0.39, 0.29) is 12.2 Å². The van der Waals surface area contributed by atoms with Gasteiger partial charge in [-0.05, 0) is 37.1 Å². The summed E-state index contributed by atoms with van der Waals surface area (Å²) in [5, 5.41) is 2.61. The van der Waals surface area contributed by atoms with Crippen LogP contribution in [-0.2, 0) is 33.3 Å². The van der Waals surface area contributed by atoms with E-state index >= 15 is 0 Å². The van der Waals surface area contributed by atoms with Gasteiger partial charge >= 0.3 is 6.18 Å². The average molecular weight is 445 g/mol. The van der Waals surface area contributed by atoms with Crippen LogP contribution in [0.3, 0.4) is 0 Å². The highest BCUT2D eigenvalue weighted by molar-refractivity contribution is 7.91. The van der Waals surface area contributed by atoms with Crippen molar-refractivity contribution >= 4 is 21.6 Å². The van der Waals surface area contributed by atoms with E-state index in [1.165, 1.54) is 18.2 Å². The van der Waals surface area contributed by atoms with E-state index in [1.54, 1.807) is 6.92 Å². The molecule has 0 spiro atoms. The third kappa shape index (κ3) is 6.09. The molecule has 1 aromatic carbocycles. The number of carbonyl (C=O) groups is 1. The van der Waals surface area contributed by atoms with Crippen molar-refractivity contribution in [1.82, 2.24) is 9.88 Å². The summed E-state index contributed by atoms with van der Waals surface area (Å²) < 4.78 is 67.4. The van der Waals surface area contributed by atoms with Gasteiger partial charge in [-0.3, -0.25) is 14.3 Å². The van der Waals surface area contributed by atoms with Crippen LogP contribution in [0.2, 0.25) is 0 Å². The van der Waals surface area contributed by atoms with Gasteiger partial charge in [0.15, 0.2) is 0 Å². The molecule has 0 fully saturated rings. The van der Waals surface area contributed by atoms with Crippen LogP contribution in [0.25, 0.3) is 0 Å². The van der Waals surface area contributed by atoms with E-state index in [0.717, 1.165) is 22.8 Å². The molecule has 0 radical (unpaired) electrons. The number of carbonyl (C=O) groups excluding carboxylic acids is 1. The highest BCUT2D eigenvalue weighted by Crippen LogP contribution is 2.32. The van der Waals surface area contributed by atoms with Gasteiger partial charge in [-0.2, -0.15) is 13.2 Å². The lowest BCUT2D eigenvalue weighted by molar-refractivity contribution is -0.138. The van der Waals surface area contributed by atoms with E-state index in [0.29, 0.717) is 18.7 Å². The monoisotopic (exact) mass is 445 g/mol. The van der Waals surface area contributed by atoms with Crippen molar-refractivity contribution in [1.29, 1.82) is 0 Å². The zero-order valence-corrected chi connectivity index (χ0v) is 17.2. The summed E-state index contributed by atoms with van der Waals surface area (Å²) in [7, 11) is -4.33. The Labute approximate surface area is 172 Å². The quantitative estimate of drug-likeness (QED) is 0.653. The third-order valence-electron chi connectivity index (χ3n) is 4.20. The van der Waals surface area contributed by atoms with E-state index in [2.05, 4.69) is 5.32 Å². The van der Waals surface area contributed by atoms with Crippen molar-refractivity contribution in [2.45, 2.75) is 38.7 Å². The number of sulfonamides is 1. The summed E-state index contributed by atoms with van der Waals surface area (Å²) in [6.45, 7) is 3.56. The molecule has 0 bridgehead atoms. The van der Waals surface area contributed by atoms with Crippen LogP contribution in [-0.4, -0.2) is 25.4 Å². The SMILES string of the molecule is CCCNC(=O)Cn1c(C)ccc(NS(=O)(=O)Cc2ccccc2C(F)(F)F)c1=O. The Morgan fingerprint density at radius 2 is 1.80 bits per heavy atom. The number of aryl methyl sites for hydroxylation is 1. The van der Waals surface area contributed by atoms with Gasteiger partial charge in [0, 0.05) is 12.2 Å². The van der Waals surface area contributed by atoms with Crippen molar-refractivity contribution in [2.75, 3.05) is 11.3 Å². The first-order valence-corrected chi connectivity index (χ1v) is 10.7. The predicted octanol–water partition coefficient (Wildman–Crippen LogP) is 2.64. The summed E-state index contributed by atoms with van der Waals surface area (Å²) in [6, 6.07) is 6.97. The fraction of sp³-hybridized carbons (Fsp3) is 0.368. The molecule has 0 aliphatic carbocycles. The van der Waals surface area contributed by atoms with Crippen molar-refractivity contribution in [3.05, 3.63) is 63.6 Å². The molecule has 0 aliphatic heterocycles.